The van der Waals surface area contributed by atoms with Crippen LogP contribution in [0.5, 0.6) is 0 Å². The van der Waals surface area contributed by atoms with Gasteiger partial charge in [0.05, 0.1) is 18.0 Å². The summed E-state index contributed by atoms with van der Waals surface area (Å²) in [6, 6.07) is 7.23. The fraction of sp³-hybridized carbons (Fsp3) is 0.308. The van der Waals surface area contributed by atoms with Crippen molar-refractivity contribution in [3.63, 3.8) is 0 Å². The van der Waals surface area contributed by atoms with E-state index in [9.17, 15) is 12.8 Å². The molecule has 0 aliphatic rings. The number of halogens is 1. The molecule has 108 valence electrons. The second-order valence-electron chi connectivity index (χ2n) is 4.57. The molecule has 0 atom stereocenters. The van der Waals surface area contributed by atoms with Crippen LogP contribution in [0.4, 0.5) is 4.39 Å². The smallest absolute Gasteiger partial charge is 0.218 e. The zero-order valence-corrected chi connectivity index (χ0v) is 12.0. The van der Waals surface area contributed by atoms with Gasteiger partial charge in [-0.2, -0.15) is 4.31 Å². The maximum absolute atomic E-state index is 13.1. The van der Waals surface area contributed by atoms with Crippen LogP contribution in [-0.2, 0) is 22.3 Å². The van der Waals surface area contributed by atoms with Gasteiger partial charge in [0.15, 0.2) is 0 Å². The molecule has 1 aromatic heterocycles. The average Bonchev–Trinajstić information content (AvgIpc) is 2.74. The summed E-state index contributed by atoms with van der Waals surface area (Å²) >= 11 is 0. The normalized spacial score (nSPS) is 12.0. The standard InChI is InChI=1S/C13H15FN2O3S/c1-10-6-13(15-19-10)8-16(2)20(17,18)9-11-4-3-5-12(14)7-11/h3-7H,8-9H2,1-2H3. The minimum atomic E-state index is -3.53. The Morgan fingerprint density at radius 1 is 1.35 bits per heavy atom. The number of benzene rings is 1. The van der Waals surface area contributed by atoms with Crippen molar-refractivity contribution in [3.8, 4) is 0 Å². The maximum atomic E-state index is 13.1. The van der Waals surface area contributed by atoms with Crippen LogP contribution in [0.1, 0.15) is 17.0 Å². The van der Waals surface area contributed by atoms with Crippen molar-refractivity contribution in [1.82, 2.24) is 9.46 Å². The first-order valence-electron chi connectivity index (χ1n) is 5.97. The molecule has 2 rings (SSSR count). The van der Waals surface area contributed by atoms with Gasteiger partial charge in [-0.1, -0.05) is 17.3 Å². The highest BCUT2D eigenvalue weighted by atomic mass is 32.2. The lowest BCUT2D eigenvalue weighted by Gasteiger charge is -2.15. The Labute approximate surface area is 117 Å². The van der Waals surface area contributed by atoms with Crippen molar-refractivity contribution in [2.75, 3.05) is 7.05 Å². The third-order valence-corrected chi connectivity index (χ3v) is 4.55. The number of aromatic nitrogens is 1. The lowest BCUT2D eigenvalue weighted by atomic mass is 10.2. The first-order valence-corrected chi connectivity index (χ1v) is 7.58. The Bertz CT molecular complexity index is 697. The highest BCUT2D eigenvalue weighted by molar-refractivity contribution is 7.88. The van der Waals surface area contributed by atoms with Crippen LogP contribution in [0.15, 0.2) is 34.9 Å². The first kappa shape index (κ1) is 14.7. The lowest BCUT2D eigenvalue weighted by molar-refractivity contribution is 0.378. The SMILES string of the molecule is Cc1cc(CN(C)S(=O)(=O)Cc2cccc(F)c2)no1. The molecule has 1 heterocycles. The van der Waals surface area contributed by atoms with Gasteiger partial charge >= 0.3 is 0 Å². The fourth-order valence-electron chi connectivity index (χ4n) is 1.77. The molecule has 2 aromatic rings. The summed E-state index contributed by atoms with van der Waals surface area (Å²) in [5.74, 6) is -0.0821. The quantitative estimate of drug-likeness (QED) is 0.848. The van der Waals surface area contributed by atoms with Crippen LogP contribution < -0.4 is 0 Å². The van der Waals surface area contributed by atoms with E-state index in [1.54, 1.807) is 19.1 Å². The van der Waals surface area contributed by atoms with Crippen LogP contribution in [0.2, 0.25) is 0 Å². The summed E-state index contributed by atoms with van der Waals surface area (Å²) in [5, 5.41) is 3.75. The topological polar surface area (TPSA) is 63.4 Å². The molecule has 0 unspecified atom stereocenters. The van der Waals surface area contributed by atoms with E-state index in [4.69, 9.17) is 4.52 Å². The molecule has 0 saturated carbocycles. The minimum absolute atomic E-state index is 0.120. The molecule has 5 nitrogen and oxygen atoms in total. The molecule has 0 amide bonds. The van der Waals surface area contributed by atoms with Crippen LogP contribution in [0.25, 0.3) is 0 Å². The molecule has 20 heavy (non-hydrogen) atoms. The number of aryl methyl sites for hydroxylation is 1. The van der Waals surface area contributed by atoms with Gasteiger partial charge in [-0.05, 0) is 24.6 Å². The van der Waals surface area contributed by atoms with Gasteiger partial charge in [-0.25, -0.2) is 12.8 Å². The molecular formula is C13H15FN2O3S. The molecule has 0 fully saturated rings. The highest BCUT2D eigenvalue weighted by Crippen LogP contribution is 2.13. The predicted octanol–water partition coefficient (Wildman–Crippen LogP) is 2.08. The minimum Gasteiger partial charge on any atom is -0.361 e. The Hall–Kier alpha value is -1.73. The van der Waals surface area contributed by atoms with Crippen molar-refractivity contribution in [3.05, 3.63) is 53.2 Å². The maximum Gasteiger partial charge on any atom is 0.218 e. The number of hydrogen-bond donors (Lipinski definition) is 0. The van der Waals surface area contributed by atoms with Gasteiger partial charge in [-0.15, -0.1) is 0 Å². The van der Waals surface area contributed by atoms with E-state index in [-0.39, 0.29) is 12.3 Å². The zero-order chi connectivity index (χ0) is 14.8. The fourth-order valence-corrected chi connectivity index (χ4v) is 2.92. The van der Waals surface area contributed by atoms with Crippen LogP contribution >= 0.6 is 0 Å². The van der Waals surface area contributed by atoms with Gasteiger partial charge in [-0.3, -0.25) is 0 Å². The molecular weight excluding hydrogens is 283 g/mol. The van der Waals surface area contributed by atoms with Gasteiger partial charge in [0.2, 0.25) is 10.0 Å². The predicted molar refractivity (Wildman–Crippen MR) is 71.7 cm³/mol. The van der Waals surface area contributed by atoms with Crippen molar-refractivity contribution in [2.24, 2.45) is 0 Å². The van der Waals surface area contributed by atoms with Crippen molar-refractivity contribution in [1.29, 1.82) is 0 Å². The van der Waals surface area contributed by atoms with E-state index in [1.165, 1.54) is 29.6 Å². The third kappa shape index (κ3) is 3.64. The van der Waals surface area contributed by atoms with Gasteiger partial charge in [0.1, 0.15) is 11.6 Å². The highest BCUT2D eigenvalue weighted by Gasteiger charge is 2.20. The third-order valence-electron chi connectivity index (χ3n) is 2.77. The zero-order valence-electron chi connectivity index (χ0n) is 11.2. The Balaban J connectivity index is 2.09. The molecule has 7 heteroatoms. The molecule has 0 aliphatic carbocycles. The Morgan fingerprint density at radius 3 is 2.70 bits per heavy atom. The molecule has 0 N–H and O–H groups in total. The summed E-state index contributed by atoms with van der Waals surface area (Å²) in [5.41, 5.74) is 0.945. The van der Waals surface area contributed by atoms with E-state index < -0.39 is 15.8 Å². The Morgan fingerprint density at radius 2 is 2.10 bits per heavy atom. The second-order valence-corrected chi connectivity index (χ2v) is 6.65. The summed E-state index contributed by atoms with van der Waals surface area (Å²) < 4.78 is 43.5. The monoisotopic (exact) mass is 298 g/mol. The number of nitrogens with zero attached hydrogens (tertiary/aromatic N) is 2. The molecule has 0 aliphatic heterocycles. The van der Waals surface area contributed by atoms with Gasteiger partial charge in [0, 0.05) is 13.1 Å². The van der Waals surface area contributed by atoms with Crippen LogP contribution in [-0.4, -0.2) is 24.9 Å². The lowest BCUT2D eigenvalue weighted by Crippen LogP contribution is -2.27. The van der Waals surface area contributed by atoms with Crippen LogP contribution in [0.3, 0.4) is 0 Å². The van der Waals surface area contributed by atoms with Crippen molar-refractivity contribution in [2.45, 2.75) is 19.2 Å². The average molecular weight is 298 g/mol. The summed E-state index contributed by atoms with van der Waals surface area (Å²) in [6.07, 6.45) is 0. The van der Waals surface area contributed by atoms with Crippen molar-refractivity contribution >= 4 is 10.0 Å². The number of sulfonamides is 1. The van der Waals surface area contributed by atoms with Gasteiger partial charge in [0.25, 0.3) is 0 Å². The summed E-state index contributed by atoms with van der Waals surface area (Å²) in [4.78, 5) is 0. The Kier molecular flexibility index (Phi) is 4.20. The first-order chi connectivity index (χ1) is 9.37. The van der Waals surface area contributed by atoms with E-state index in [0.29, 0.717) is 17.0 Å². The molecule has 0 spiro atoms. The summed E-state index contributed by atoms with van der Waals surface area (Å²) in [7, 11) is -2.08. The number of hydrogen-bond acceptors (Lipinski definition) is 4. The van der Waals surface area contributed by atoms with E-state index in [1.807, 2.05) is 0 Å². The molecule has 0 bridgehead atoms. The molecule has 1 aromatic carbocycles. The second kappa shape index (κ2) is 5.72. The van der Waals surface area contributed by atoms with Crippen LogP contribution in [0, 0.1) is 12.7 Å². The summed E-state index contributed by atoms with van der Waals surface area (Å²) in [6.45, 7) is 1.85. The van der Waals surface area contributed by atoms with E-state index >= 15 is 0 Å². The van der Waals surface area contributed by atoms with E-state index in [0.717, 1.165) is 0 Å². The van der Waals surface area contributed by atoms with E-state index in [2.05, 4.69) is 5.16 Å². The number of rotatable bonds is 5. The largest absolute Gasteiger partial charge is 0.361 e. The molecule has 0 radical (unpaired) electrons. The molecule has 0 saturated heterocycles. The van der Waals surface area contributed by atoms with Gasteiger partial charge < -0.3 is 4.52 Å². The van der Waals surface area contributed by atoms with Crippen molar-refractivity contribution < 1.29 is 17.3 Å².